The normalized spacial score (nSPS) is 32.2. The molecule has 0 aliphatic heterocycles. The Kier molecular flexibility index (Phi) is 3.73. The molecule has 98 valence electrons. The molecular formula is C13H24N2O2. The van der Waals surface area contributed by atoms with Gasteiger partial charge >= 0.3 is 0 Å². The van der Waals surface area contributed by atoms with Crippen LogP contribution in [-0.4, -0.2) is 30.7 Å². The van der Waals surface area contributed by atoms with Gasteiger partial charge in [-0.3, -0.25) is 4.79 Å². The molecule has 0 aromatic heterocycles. The lowest BCUT2D eigenvalue weighted by Crippen LogP contribution is -2.65. The van der Waals surface area contributed by atoms with E-state index < -0.39 is 6.04 Å². The summed E-state index contributed by atoms with van der Waals surface area (Å²) < 4.78 is 5.81. The number of amides is 1. The molecule has 4 nitrogen and oxygen atoms in total. The fraction of sp³-hybridized carbons (Fsp3) is 0.923. The number of nitrogens with two attached hydrogens (primary N) is 1. The zero-order valence-electron chi connectivity index (χ0n) is 10.9. The molecule has 2 fully saturated rings. The van der Waals surface area contributed by atoms with Gasteiger partial charge in [0.05, 0.1) is 12.1 Å². The summed E-state index contributed by atoms with van der Waals surface area (Å²) >= 11 is 0. The molecule has 3 N–H and O–H groups in total. The number of hydrogen-bond donors (Lipinski definition) is 2. The number of hydrogen-bond acceptors (Lipinski definition) is 3. The Balaban J connectivity index is 1.98. The van der Waals surface area contributed by atoms with Gasteiger partial charge < -0.3 is 15.8 Å². The first-order valence-corrected chi connectivity index (χ1v) is 6.77. The van der Waals surface area contributed by atoms with Crippen LogP contribution < -0.4 is 11.1 Å². The summed E-state index contributed by atoms with van der Waals surface area (Å²) in [6, 6.07) is -0.139. The molecule has 0 aromatic carbocycles. The van der Waals surface area contributed by atoms with Gasteiger partial charge in [-0.2, -0.15) is 0 Å². The molecule has 4 heteroatoms. The van der Waals surface area contributed by atoms with Gasteiger partial charge in [-0.15, -0.1) is 0 Å². The van der Waals surface area contributed by atoms with Crippen LogP contribution in [0.25, 0.3) is 0 Å². The van der Waals surface area contributed by atoms with Gasteiger partial charge in [-0.1, -0.05) is 12.8 Å². The van der Waals surface area contributed by atoms with Gasteiger partial charge in [-0.05, 0) is 33.1 Å². The van der Waals surface area contributed by atoms with E-state index in [9.17, 15) is 4.79 Å². The van der Waals surface area contributed by atoms with Crippen molar-refractivity contribution in [1.29, 1.82) is 0 Å². The lowest BCUT2D eigenvalue weighted by molar-refractivity contribution is -0.144. The summed E-state index contributed by atoms with van der Waals surface area (Å²) in [7, 11) is 0. The van der Waals surface area contributed by atoms with Crippen molar-refractivity contribution in [3.63, 3.8) is 0 Å². The van der Waals surface area contributed by atoms with E-state index in [0.717, 1.165) is 13.0 Å². The molecular weight excluding hydrogens is 216 g/mol. The number of nitrogens with one attached hydrogen (secondary N) is 1. The molecule has 0 aromatic rings. The lowest BCUT2D eigenvalue weighted by Gasteiger charge is -2.54. The third-order valence-corrected chi connectivity index (χ3v) is 4.42. The van der Waals surface area contributed by atoms with Crippen molar-refractivity contribution in [2.75, 3.05) is 6.61 Å². The monoisotopic (exact) mass is 240 g/mol. The first-order valence-electron chi connectivity index (χ1n) is 6.77. The average Bonchev–Trinajstić information content (AvgIpc) is 2.79. The van der Waals surface area contributed by atoms with E-state index in [1.807, 2.05) is 6.92 Å². The zero-order chi connectivity index (χ0) is 12.5. The van der Waals surface area contributed by atoms with Gasteiger partial charge in [0.2, 0.25) is 5.91 Å². The van der Waals surface area contributed by atoms with Gasteiger partial charge in [0.15, 0.2) is 0 Å². The Bertz CT molecular complexity index is 285. The zero-order valence-corrected chi connectivity index (χ0v) is 10.9. The number of ether oxygens (including phenoxy) is 1. The smallest absolute Gasteiger partial charge is 0.236 e. The second-order valence-corrected chi connectivity index (χ2v) is 5.47. The highest BCUT2D eigenvalue weighted by Crippen LogP contribution is 2.54. The lowest BCUT2D eigenvalue weighted by atomic mass is 9.60. The minimum atomic E-state index is -0.417. The maximum Gasteiger partial charge on any atom is 0.236 e. The molecule has 2 aliphatic carbocycles. The van der Waals surface area contributed by atoms with Crippen LogP contribution in [0.15, 0.2) is 0 Å². The van der Waals surface area contributed by atoms with Crippen LogP contribution in [0.1, 0.15) is 46.0 Å². The van der Waals surface area contributed by atoms with Crippen LogP contribution in [0.2, 0.25) is 0 Å². The Morgan fingerprint density at radius 3 is 2.71 bits per heavy atom. The van der Waals surface area contributed by atoms with E-state index in [1.165, 1.54) is 25.7 Å². The van der Waals surface area contributed by atoms with Gasteiger partial charge in [0.1, 0.15) is 0 Å². The molecule has 1 spiro atoms. The summed E-state index contributed by atoms with van der Waals surface area (Å²) in [4.78, 5) is 11.7. The highest BCUT2D eigenvalue weighted by atomic mass is 16.5. The van der Waals surface area contributed by atoms with E-state index in [4.69, 9.17) is 10.5 Å². The maximum absolute atomic E-state index is 11.7. The number of carbonyl (C=O) groups is 1. The Hall–Kier alpha value is -0.610. The molecule has 17 heavy (non-hydrogen) atoms. The van der Waals surface area contributed by atoms with Crippen LogP contribution in [-0.2, 0) is 9.53 Å². The third kappa shape index (κ3) is 2.20. The summed E-state index contributed by atoms with van der Waals surface area (Å²) in [6.45, 7) is 4.53. The van der Waals surface area contributed by atoms with Gasteiger partial charge in [0, 0.05) is 18.1 Å². The van der Waals surface area contributed by atoms with Crippen molar-refractivity contribution in [2.24, 2.45) is 11.1 Å². The van der Waals surface area contributed by atoms with E-state index in [-0.39, 0.29) is 17.4 Å². The molecule has 2 unspecified atom stereocenters. The second-order valence-electron chi connectivity index (χ2n) is 5.47. The summed E-state index contributed by atoms with van der Waals surface area (Å²) in [5.41, 5.74) is 5.81. The van der Waals surface area contributed by atoms with E-state index in [0.29, 0.717) is 6.10 Å². The molecule has 0 heterocycles. The van der Waals surface area contributed by atoms with Crippen LogP contribution in [0.4, 0.5) is 0 Å². The first-order chi connectivity index (χ1) is 8.10. The topological polar surface area (TPSA) is 64.3 Å². The van der Waals surface area contributed by atoms with Crippen molar-refractivity contribution < 1.29 is 9.53 Å². The first kappa shape index (κ1) is 12.8. The van der Waals surface area contributed by atoms with E-state index in [2.05, 4.69) is 5.32 Å². The Labute approximate surface area is 103 Å². The van der Waals surface area contributed by atoms with E-state index >= 15 is 0 Å². The minimum absolute atomic E-state index is 0.0313. The number of carbonyl (C=O) groups excluding carboxylic acids is 1. The highest BCUT2D eigenvalue weighted by molar-refractivity contribution is 5.81. The average molecular weight is 240 g/mol. The largest absolute Gasteiger partial charge is 0.378 e. The van der Waals surface area contributed by atoms with Crippen molar-refractivity contribution in [2.45, 2.75) is 64.1 Å². The molecule has 0 bridgehead atoms. The van der Waals surface area contributed by atoms with Crippen LogP contribution in [0.5, 0.6) is 0 Å². The van der Waals surface area contributed by atoms with E-state index in [1.54, 1.807) is 6.92 Å². The number of rotatable bonds is 4. The van der Waals surface area contributed by atoms with Crippen molar-refractivity contribution in [1.82, 2.24) is 5.32 Å². The van der Waals surface area contributed by atoms with Gasteiger partial charge in [-0.25, -0.2) is 0 Å². The van der Waals surface area contributed by atoms with Crippen LogP contribution in [0, 0.1) is 5.41 Å². The summed E-state index contributed by atoms with van der Waals surface area (Å²) in [5, 5.41) is 3.09. The van der Waals surface area contributed by atoms with Crippen molar-refractivity contribution in [3.8, 4) is 0 Å². The fourth-order valence-electron chi connectivity index (χ4n) is 3.39. The Morgan fingerprint density at radius 1 is 1.53 bits per heavy atom. The van der Waals surface area contributed by atoms with Crippen molar-refractivity contribution in [3.05, 3.63) is 0 Å². The van der Waals surface area contributed by atoms with Crippen LogP contribution in [0.3, 0.4) is 0 Å². The molecule has 3 atom stereocenters. The Morgan fingerprint density at radius 2 is 2.18 bits per heavy atom. The highest BCUT2D eigenvalue weighted by Gasteiger charge is 2.57. The van der Waals surface area contributed by atoms with Crippen LogP contribution >= 0.6 is 0 Å². The SMILES string of the molecule is CCOC1CC(NC(=O)[C@H](C)N)C12CCCC2. The molecule has 0 radical (unpaired) electrons. The fourth-order valence-corrected chi connectivity index (χ4v) is 3.39. The van der Waals surface area contributed by atoms with Gasteiger partial charge in [0.25, 0.3) is 0 Å². The molecule has 2 rings (SSSR count). The second kappa shape index (κ2) is 4.94. The molecule has 1 amide bonds. The summed E-state index contributed by atoms with van der Waals surface area (Å²) in [6.07, 6.45) is 6.17. The summed E-state index contributed by atoms with van der Waals surface area (Å²) in [5.74, 6) is -0.0313. The third-order valence-electron chi connectivity index (χ3n) is 4.42. The predicted molar refractivity (Wildman–Crippen MR) is 66.5 cm³/mol. The minimum Gasteiger partial charge on any atom is -0.378 e. The quantitative estimate of drug-likeness (QED) is 0.775. The maximum atomic E-state index is 11.7. The molecule has 0 saturated heterocycles. The standard InChI is InChI=1S/C13H24N2O2/c1-3-17-11-8-10(15-12(16)9(2)14)13(11)6-4-5-7-13/h9-11H,3-8,14H2,1-2H3,(H,15,16)/t9-,10?,11?/m0/s1. The molecule has 2 aliphatic rings. The van der Waals surface area contributed by atoms with Crippen molar-refractivity contribution >= 4 is 5.91 Å². The predicted octanol–water partition coefficient (Wildman–Crippen LogP) is 1.19. The molecule has 2 saturated carbocycles.